The Morgan fingerprint density at radius 2 is 2.00 bits per heavy atom. The Labute approximate surface area is 104 Å². The molecular weight excluding hydrogens is 212 g/mol. The highest BCUT2D eigenvalue weighted by Crippen LogP contribution is 2.02. The molecule has 0 fully saturated rings. The van der Waals surface area contributed by atoms with Gasteiger partial charge >= 0.3 is 0 Å². The van der Waals surface area contributed by atoms with Gasteiger partial charge in [0, 0.05) is 20.0 Å². The minimum absolute atomic E-state index is 0.233. The van der Waals surface area contributed by atoms with E-state index >= 15 is 0 Å². The molecule has 0 unspecified atom stereocenters. The number of hydrogen-bond donors (Lipinski definition) is 1. The summed E-state index contributed by atoms with van der Waals surface area (Å²) in [4.78, 5) is 13.6. The zero-order valence-corrected chi connectivity index (χ0v) is 10.8. The van der Waals surface area contributed by atoms with Gasteiger partial charge in [0.15, 0.2) is 0 Å². The second-order valence-electron chi connectivity index (χ2n) is 4.26. The summed E-state index contributed by atoms with van der Waals surface area (Å²) in [5.41, 5.74) is 1.28. The maximum absolute atomic E-state index is 11.7. The third-order valence-electron chi connectivity index (χ3n) is 2.82. The van der Waals surface area contributed by atoms with E-state index in [-0.39, 0.29) is 5.91 Å². The van der Waals surface area contributed by atoms with Crippen LogP contribution in [-0.4, -0.2) is 38.0 Å². The maximum atomic E-state index is 11.7. The Kier molecular flexibility index (Phi) is 6.33. The normalized spacial score (nSPS) is 10.2. The molecular formula is C14H22N2O. The Bertz CT molecular complexity index is 324. The van der Waals surface area contributed by atoms with Crippen molar-refractivity contribution < 1.29 is 4.79 Å². The molecule has 94 valence electrons. The average Bonchev–Trinajstić information content (AvgIpc) is 2.37. The number of likely N-dealkylation sites (N-methyl/N-ethyl adjacent to an activating group) is 1. The Morgan fingerprint density at radius 3 is 2.65 bits per heavy atom. The number of carbonyl (C=O) groups excluding carboxylic acids is 1. The summed E-state index contributed by atoms with van der Waals surface area (Å²) in [6, 6.07) is 10.3. The molecule has 0 aliphatic heterocycles. The van der Waals surface area contributed by atoms with Gasteiger partial charge in [-0.15, -0.1) is 0 Å². The van der Waals surface area contributed by atoms with Crippen molar-refractivity contribution in [3.05, 3.63) is 35.9 Å². The first-order valence-corrected chi connectivity index (χ1v) is 6.16. The monoisotopic (exact) mass is 234 g/mol. The number of rotatable bonds is 7. The first-order valence-electron chi connectivity index (χ1n) is 6.16. The fraction of sp³-hybridized carbons (Fsp3) is 0.500. The van der Waals surface area contributed by atoms with E-state index in [2.05, 4.69) is 17.4 Å². The zero-order valence-electron chi connectivity index (χ0n) is 10.8. The number of hydrogen-bond acceptors (Lipinski definition) is 2. The quantitative estimate of drug-likeness (QED) is 0.728. The predicted octanol–water partition coefficient (Wildman–Crippen LogP) is 1.69. The van der Waals surface area contributed by atoms with E-state index < -0.39 is 0 Å². The number of nitrogens with zero attached hydrogens (tertiary/aromatic N) is 1. The van der Waals surface area contributed by atoms with Gasteiger partial charge in [0.1, 0.15) is 0 Å². The molecule has 0 aliphatic rings. The first kappa shape index (κ1) is 13.7. The van der Waals surface area contributed by atoms with Crippen LogP contribution in [0.4, 0.5) is 0 Å². The van der Waals surface area contributed by atoms with Crippen LogP contribution in [0.5, 0.6) is 0 Å². The molecule has 0 atom stereocenters. The van der Waals surface area contributed by atoms with Crippen molar-refractivity contribution in [3.8, 4) is 0 Å². The highest BCUT2D eigenvalue weighted by Gasteiger charge is 2.07. The molecule has 1 N–H and O–H groups in total. The van der Waals surface area contributed by atoms with Crippen molar-refractivity contribution in [2.75, 3.05) is 27.2 Å². The van der Waals surface area contributed by atoms with Gasteiger partial charge < -0.3 is 10.2 Å². The van der Waals surface area contributed by atoms with Crippen LogP contribution < -0.4 is 5.32 Å². The van der Waals surface area contributed by atoms with E-state index in [9.17, 15) is 4.79 Å². The molecule has 17 heavy (non-hydrogen) atoms. The molecule has 0 radical (unpaired) electrons. The van der Waals surface area contributed by atoms with Gasteiger partial charge in [-0.1, -0.05) is 30.3 Å². The molecule has 0 saturated heterocycles. The van der Waals surface area contributed by atoms with Crippen molar-refractivity contribution in [2.24, 2.45) is 0 Å². The summed E-state index contributed by atoms with van der Waals surface area (Å²) >= 11 is 0. The second kappa shape index (κ2) is 7.85. The zero-order chi connectivity index (χ0) is 12.5. The third kappa shape index (κ3) is 5.50. The lowest BCUT2D eigenvalue weighted by atomic mass is 10.1. The minimum Gasteiger partial charge on any atom is -0.345 e. The van der Waals surface area contributed by atoms with Crippen LogP contribution in [0, 0.1) is 0 Å². The molecule has 1 aromatic rings. The van der Waals surface area contributed by atoms with Crippen LogP contribution in [-0.2, 0) is 11.2 Å². The number of nitrogens with one attached hydrogen (secondary N) is 1. The number of carbonyl (C=O) groups is 1. The van der Waals surface area contributed by atoms with E-state index in [1.54, 1.807) is 0 Å². The lowest BCUT2D eigenvalue weighted by molar-refractivity contribution is -0.129. The van der Waals surface area contributed by atoms with Gasteiger partial charge in [-0.3, -0.25) is 4.79 Å². The minimum atomic E-state index is 0.233. The van der Waals surface area contributed by atoms with Gasteiger partial charge in [-0.05, 0) is 32.0 Å². The average molecular weight is 234 g/mol. The van der Waals surface area contributed by atoms with Crippen molar-refractivity contribution in [2.45, 2.75) is 19.3 Å². The highest BCUT2D eigenvalue weighted by molar-refractivity contribution is 5.75. The van der Waals surface area contributed by atoms with Crippen molar-refractivity contribution in [1.82, 2.24) is 10.2 Å². The molecule has 3 nitrogen and oxygen atoms in total. The summed E-state index contributed by atoms with van der Waals surface area (Å²) in [5.74, 6) is 0.233. The fourth-order valence-electron chi connectivity index (χ4n) is 1.67. The summed E-state index contributed by atoms with van der Waals surface area (Å²) in [6.07, 6.45) is 2.46. The SMILES string of the molecule is CNCCCC(=O)N(C)CCc1ccccc1. The summed E-state index contributed by atoms with van der Waals surface area (Å²) < 4.78 is 0. The van der Waals surface area contributed by atoms with E-state index in [0.29, 0.717) is 6.42 Å². The molecule has 0 aromatic heterocycles. The van der Waals surface area contributed by atoms with Crippen LogP contribution in [0.15, 0.2) is 30.3 Å². The molecule has 1 rings (SSSR count). The largest absolute Gasteiger partial charge is 0.345 e. The van der Waals surface area contributed by atoms with Crippen LogP contribution in [0.2, 0.25) is 0 Å². The molecule has 3 heteroatoms. The van der Waals surface area contributed by atoms with Gasteiger partial charge in [0.05, 0.1) is 0 Å². The lowest BCUT2D eigenvalue weighted by Crippen LogP contribution is -2.29. The Hall–Kier alpha value is -1.35. The molecule has 0 aliphatic carbocycles. The third-order valence-corrected chi connectivity index (χ3v) is 2.82. The van der Waals surface area contributed by atoms with Crippen LogP contribution in [0.1, 0.15) is 18.4 Å². The molecule has 1 aromatic carbocycles. The Morgan fingerprint density at radius 1 is 1.29 bits per heavy atom. The maximum Gasteiger partial charge on any atom is 0.222 e. The summed E-state index contributed by atoms with van der Waals surface area (Å²) in [6.45, 7) is 1.70. The van der Waals surface area contributed by atoms with Gasteiger partial charge in [-0.25, -0.2) is 0 Å². The number of benzene rings is 1. The van der Waals surface area contributed by atoms with E-state index in [4.69, 9.17) is 0 Å². The molecule has 0 saturated carbocycles. The van der Waals surface area contributed by atoms with Crippen molar-refractivity contribution in [3.63, 3.8) is 0 Å². The van der Waals surface area contributed by atoms with Crippen LogP contribution in [0.3, 0.4) is 0 Å². The van der Waals surface area contributed by atoms with Gasteiger partial charge in [0.25, 0.3) is 0 Å². The highest BCUT2D eigenvalue weighted by atomic mass is 16.2. The van der Waals surface area contributed by atoms with Crippen molar-refractivity contribution in [1.29, 1.82) is 0 Å². The predicted molar refractivity (Wildman–Crippen MR) is 70.9 cm³/mol. The van der Waals surface area contributed by atoms with E-state index in [1.807, 2.05) is 37.2 Å². The smallest absolute Gasteiger partial charge is 0.222 e. The number of amides is 1. The molecule has 0 heterocycles. The molecule has 0 spiro atoms. The molecule has 0 bridgehead atoms. The lowest BCUT2D eigenvalue weighted by Gasteiger charge is -2.17. The summed E-state index contributed by atoms with van der Waals surface area (Å²) in [5, 5.41) is 3.05. The van der Waals surface area contributed by atoms with E-state index in [1.165, 1.54) is 5.56 Å². The van der Waals surface area contributed by atoms with E-state index in [0.717, 1.165) is 25.9 Å². The second-order valence-corrected chi connectivity index (χ2v) is 4.26. The van der Waals surface area contributed by atoms with Crippen LogP contribution in [0.25, 0.3) is 0 Å². The summed E-state index contributed by atoms with van der Waals surface area (Å²) in [7, 11) is 3.79. The Balaban J connectivity index is 2.24. The molecule has 1 amide bonds. The topological polar surface area (TPSA) is 32.3 Å². The van der Waals surface area contributed by atoms with Crippen molar-refractivity contribution >= 4 is 5.91 Å². The fourth-order valence-corrected chi connectivity index (χ4v) is 1.67. The van der Waals surface area contributed by atoms with Crippen LogP contribution >= 0.6 is 0 Å². The van der Waals surface area contributed by atoms with Gasteiger partial charge in [-0.2, -0.15) is 0 Å². The van der Waals surface area contributed by atoms with Gasteiger partial charge in [0.2, 0.25) is 5.91 Å². The standard InChI is InChI=1S/C14H22N2O/c1-15-11-6-9-14(17)16(2)12-10-13-7-4-3-5-8-13/h3-5,7-8,15H,6,9-12H2,1-2H3. The first-order chi connectivity index (χ1) is 8.24.